The average molecular weight is 273 g/mol. The number of hydrogen-bond donors (Lipinski definition) is 3. The van der Waals surface area contributed by atoms with Crippen molar-refractivity contribution in [2.75, 3.05) is 10.6 Å². The molecule has 2 amide bonds. The van der Waals surface area contributed by atoms with Crippen molar-refractivity contribution in [2.24, 2.45) is 0 Å². The van der Waals surface area contributed by atoms with Gasteiger partial charge in [-0.15, -0.1) is 5.10 Å². The molecule has 1 aromatic heterocycles. The maximum Gasteiger partial charge on any atom is 0.326 e. The van der Waals surface area contributed by atoms with Crippen LogP contribution in [0.2, 0.25) is 0 Å². The maximum atomic E-state index is 11.7. The summed E-state index contributed by atoms with van der Waals surface area (Å²) in [5, 5.41) is 20.9. The van der Waals surface area contributed by atoms with Gasteiger partial charge in [-0.05, 0) is 11.6 Å². The highest BCUT2D eigenvalue weighted by atomic mass is 16.4. The molecule has 0 saturated carbocycles. The molecule has 3 N–H and O–H groups in total. The van der Waals surface area contributed by atoms with Crippen molar-refractivity contribution in [2.45, 2.75) is 6.42 Å². The molecule has 2 aromatic rings. The van der Waals surface area contributed by atoms with Crippen molar-refractivity contribution < 1.29 is 14.7 Å². The molecule has 1 aromatic carbocycles. The van der Waals surface area contributed by atoms with Crippen LogP contribution in [0.25, 0.3) is 0 Å². The second kappa shape index (κ2) is 6.23. The molecule has 20 heavy (non-hydrogen) atoms. The normalized spacial score (nSPS) is 9.80. The molecule has 102 valence electrons. The zero-order chi connectivity index (χ0) is 14.4. The molecule has 8 nitrogen and oxygen atoms in total. The number of nitrogens with one attached hydrogen (secondary N) is 2. The first-order chi connectivity index (χ1) is 9.65. The Balaban J connectivity index is 2.06. The zero-order valence-electron chi connectivity index (χ0n) is 10.3. The predicted octanol–water partition coefficient (Wildman–Crippen LogP) is 1.14. The van der Waals surface area contributed by atoms with Crippen LogP contribution in [-0.2, 0) is 11.2 Å². The molecule has 0 fully saturated rings. The standard InChI is InChI=1S/C12H11N5O3/c18-10(19)7-8-3-1-2-4-9(8)15-12(20)16-11-13-5-6-14-17-11/h1-6H,7H2,(H,18,19)(H2,13,15,16,17,20). The van der Waals surface area contributed by atoms with E-state index in [1.165, 1.54) is 12.4 Å². The van der Waals surface area contributed by atoms with Gasteiger partial charge in [-0.1, -0.05) is 18.2 Å². The van der Waals surface area contributed by atoms with Crippen LogP contribution < -0.4 is 10.6 Å². The van der Waals surface area contributed by atoms with Gasteiger partial charge in [-0.2, -0.15) is 5.10 Å². The molecule has 0 spiro atoms. The Morgan fingerprint density at radius 3 is 2.65 bits per heavy atom. The van der Waals surface area contributed by atoms with E-state index in [4.69, 9.17) is 5.11 Å². The molecule has 8 heteroatoms. The van der Waals surface area contributed by atoms with Crippen molar-refractivity contribution in [3.05, 3.63) is 42.2 Å². The minimum Gasteiger partial charge on any atom is -0.481 e. The molecule has 2 rings (SSSR count). The van der Waals surface area contributed by atoms with Crippen LogP contribution in [0.3, 0.4) is 0 Å². The molecular weight excluding hydrogens is 262 g/mol. The minimum absolute atomic E-state index is 0.0562. The molecule has 0 atom stereocenters. The first-order valence-electron chi connectivity index (χ1n) is 5.66. The number of urea groups is 1. The molecule has 0 radical (unpaired) electrons. The van der Waals surface area contributed by atoms with Crippen molar-refractivity contribution in [1.29, 1.82) is 0 Å². The smallest absolute Gasteiger partial charge is 0.326 e. The zero-order valence-corrected chi connectivity index (χ0v) is 10.3. The van der Waals surface area contributed by atoms with Crippen LogP contribution in [0.15, 0.2) is 36.7 Å². The summed E-state index contributed by atoms with van der Waals surface area (Å²) < 4.78 is 0. The van der Waals surface area contributed by atoms with Gasteiger partial charge in [0.25, 0.3) is 5.95 Å². The van der Waals surface area contributed by atoms with Crippen LogP contribution in [0.1, 0.15) is 5.56 Å². The van der Waals surface area contributed by atoms with E-state index in [1.54, 1.807) is 24.3 Å². The summed E-state index contributed by atoms with van der Waals surface area (Å²) in [5.41, 5.74) is 0.915. The van der Waals surface area contributed by atoms with E-state index in [9.17, 15) is 9.59 Å². The molecule has 0 aliphatic heterocycles. The van der Waals surface area contributed by atoms with E-state index in [1.807, 2.05) is 0 Å². The van der Waals surface area contributed by atoms with Crippen molar-refractivity contribution in [3.63, 3.8) is 0 Å². The van der Waals surface area contributed by atoms with E-state index in [-0.39, 0.29) is 12.4 Å². The van der Waals surface area contributed by atoms with Crippen molar-refractivity contribution in [1.82, 2.24) is 15.2 Å². The number of carbonyl (C=O) groups excluding carboxylic acids is 1. The number of carboxylic acid groups (broad SMARTS) is 1. The van der Waals surface area contributed by atoms with Crippen molar-refractivity contribution >= 4 is 23.6 Å². The summed E-state index contributed by atoms with van der Waals surface area (Å²) in [4.78, 5) is 26.3. The fourth-order valence-electron chi connectivity index (χ4n) is 1.52. The molecule has 0 unspecified atom stereocenters. The highest BCUT2D eigenvalue weighted by Crippen LogP contribution is 2.15. The van der Waals surface area contributed by atoms with Crippen LogP contribution in [-0.4, -0.2) is 32.3 Å². The Morgan fingerprint density at radius 1 is 1.15 bits per heavy atom. The lowest BCUT2D eigenvalue weighted by Crippen LogP contribution is -2.22. The fourth-order valence-corrected chi connectivity index (χ4v) is 1.52. The molecular formula is C12H11N5O3. The van der Waals surface area contributed by atoms with Gasteiger partial charge in [-0.25, -0.2) is 9.78 Å². The number of nitrogens with zero attached hydrogens (tertiary/aromatic N) is 3. The Bertz CT molecular complexity index is 617. The topological polar surface area (TPSA) is 117 Å². The van der Waals surface area contributed by atoms with Gasteiger partial charge in [-0.3, -0.25) is 10.1 Å². The third-order valence-corrected chi connectivity index (χ3v) is 2.32. The van der Waals surface area contributed by atoms with Gasteiger partial charge in [0.05, 0.1) is 18.8 Å². The highest BCUT2D eigenvalue weighted by molar-refractivity contribution is 5.99. The van der Waals surface area contributed by atoms with Gasteiger partial charge in [0.1, 0.15) is 0 Å². The number of carboxylic acids is 1. The number of anilines is 2. The van der Waals surface area contributed by atoms with E-state index in [0.717, 1.165) is 0 Å². The Kier molecular flexibility index (Phi) is 4.17. The van der Waals surface area contributed by atoms with Crippen LogP contribution in [0.4, 0.5) is 16.4 Å². The number of amides is 2. The second-order valence-electron chi connectivity index (χ2n) is 3.77. The first kappa shape index (κ1) is 13.4. The number of rotatable bonds is 4. The fraction of sp³-hybridized carbons (Fsp3) is 0.0833. The lowest BCUT2D eigenvalue weighted by molar-refractivity contribution is -0.136. The summed E-state index contributed by atoms with van der Waals surface area (Å²) >= 11 is 0. The molecule has 0 aliphatic carbocycles. The van der Waals surface area contributed by atoms with Gasteiger partial charge >= 0.3 is 12.0 Å². The number of para-hydroxylation sites is 1. The molecule has 1 heterocycles. The van der Waals surface area contributed by atoms with E-state index < -0.39 is 12.0 Å². The Morgan fingerprint density at radius 2 is 1.95 bits per heavy atom. The summed E-state index contributed by atoms with van der Waals surface area (Å²) in [6.07, 6.45) is 2.59. The number of aliphatic carboxylic acids is 1. The summed E-state index contributed by atoms with van der Waals surface area (Å²) in [6.45, 7) is 0. The van der Waals surface area contributed by atoms with Crippen LogP contribution in [0.5, 0.6) is 0 Å². The summed E-state index contributed by atoms with van der Waals surface area (Å²) in [6, 6.07) is 6.06. The van der Waals surface area contributed by atoms with Gasteiger partial charge < -0.3 is 10.4 Å². The van der Waals surface area contributed by atoms with Crippen LogP contribution >= 0.6 is 0 Å². The van der Waals surface area contributed by atoms with Crippen LogP contribution in [0, 0.1) is 0 Å². The number of benzene rings is 1. The second-order valence-corrected chi connectivity index (χ2v) is 3.77. The third kappa shape index (κ3) is 3.73. The average Bonchev–Trinajstić information content (AvgIpc) is 2.41. The lowest BCUT2D eigenvalue weighted by Gasteiger charge is -2.09. The third-order valence-electron chi connectivity index (χ3n) is 2.32. The number of carbonyl (C=O) groups is 2. The minimum atomic E-state index is -0.977. The summed E-state index contributed by atoms with van der Waals surface area (Å²) in [7, 11) is 0. The van der Waals surface area contributed by atoms with Gasteiger partial charge in [0.15, 0.2) is 0 Å². The quantitative estimate of drug-likeness (QED) is 0.769. The molecule has 0 saturated heterocycles. The van der Waals surface area contributed by atoms with Crippen molar-refractivity contribution in [3.8, 4) is 0 Å². The lowest BCUT2D eigenvalue weighted by atomic mass is 10.1. The largest absolute Gasteiger partial charge is 0.481 e. The number of aromatic nitrogens is 3. The van der Waals surface area contributed by atoms with Gasteiger partial charge in [0.2, 0.25) is 0 Å². The predicted molar refractivity (Wildman–Crippen MR) is 70.3 cm³/mol. The van der Waals surface area contributed by atoms with E-state index in [0.29, 0.717) is 11.3 Å². The number of hydrogen-bond acceptors (Lipinski definition) is 5. The molecule has 0 bridgehead atoms. The van der Waals surface area contributed by atoms with E-state index >= 15 is 0 Å². The maximum absolute atomic E-state index is 11.7. The summed E-state index contributed by atoms with van der Waals surface area (Å²) in [5.74, 6) is -0.920. The monoisotopic (exact) mass is 273 g/mol. The van der Waals surface area contributed by atoms with Gasteiger partial charge in [0, 0.05) is 5.69 Å². The Hall–Kier alpha value is -3.03. The first-order valence-corrected chi connectivity index (χ1v) is 5.66. The SMILES string of the molecule is O=C(O)Cc1ccccc1NC(=O)Nc1nccnn1. The van der Waals surface area contributed by atoms with E-state index in [2.05, 4.69) is 25.8 Å². The highest BCUT2D eigenvalue weighted by Gasteiger charge is 2.10. The molecule has 0 aliphatic rings. The Labute approximate surface area is 113 Å².